The Balaban J connectivity index is 0.000000467. The van der Waals surface area contributed by atoms with E-state index in [1.807, 2.05) is 26.0 Å². The first kappa shape index (κ1) is 34.1. The lowest BCUT2D eigenvalue weighted by Gasteiger charge is -2.40. The number of rotatable bonds is 8. The summed E-state index contributed by atoms with van der Waals surface area (Å²) in [5.74, 6) is 0.0165. The second-order valence-corrected chi connectivity index (χ2v) is 10.2. The molecule has 2 heterocycles. The van der Waals surface area contributed by atoms with Gasteiger partial charge in [-0.05, 0) is 68.4 Å². The molecule has 0 atom stereocenters. The molecule has 0 unspecified atom stereocenters. The van der Waals surface area contributed by atoms with Gasteiger partial charge in [0.1, 0.15) is 17.1 Å². The summed E-state index contributed by atoms with van der Waals surface area (Å²) in [5.41, 5.74) is 2.43. The van der Waals surface area contributed by atoms with Gasteiger partial charge in [0.2, 0.25) is 0 Å². The highest BCUT2D eigenvalue weighted by Gasteiger charge is 2.38. The van der Waals surface area contributed by atoms with Crippen molar-refractivity contribution in [1.82, 2.24) is 10.2 Å². The molecule has 1 fully saturated rings. The largest absolute Gasteiger partial charge is 0.573 e. The zero-order valence-electron chi connectivity index (χ0n) is 23.9. The number of carbonyl (C=O) groups excluding carboxylic acids is 1. The first-order chi connectivity index (χ1) is 19.8. The van der Waals surface area contributed by atoms with Crippen molar-refractivity contribution < 1.29 is 27.4 Å². The molecule has 17 heteroatoms. The van der Waals surface area contributed by atoms with E-state index in [-0.39, 0.29) is 18.0 Å². The highest BCUT2D eigenvalue weighted by Crippen LogP contribution is 2.44. The van der Waals surface area contributed by atoms with E-state index in [4.69, 9.17) is 43.4 Å². The minimum absolute atomic E-state index is 0.0309. The van der Waals surface area contributed by atoms with Gasteiger partial charge in [0.25, 0.3) is 5.91 Å². The lowest BCUT2D eigenvalue weighted by atomic mass is 8.64. The molecule has 203 valence electrons. The Kier molecular flexibility index (Phi) is 12.0. The van der Waals surface area contributed by atoms with Gasteiger partial charge < -0.3 is 19.7 Å². The van der Waals surface area contributed by atoms with Crippen LogP contribution in [0.15, 0.2) is 48.5 Å². The van der Waals surface area contributed by atoms with Gasteiger partial charge in [-0.2, -0.15) is 0 Å². The maximum Gasteiger partial charge on any atom is 0.573 e. The van der Waals surface area contributed by atoms with Crippen LogP contribution in [-0.4, -0.2) is 114 Å². The minimum Gasteiger partial charge on any atom is -0.482 e. The average molecular weight is 558 g/mol. The predicted octanol–water partition coefficient (Wildman–Crippen LogP) is 1.59. The summed E-state index contributed by atoms with van der Waals surface area (Å²) in [4.78, 5) is 14.4. The number of nitrogens with one attached hydrogen (secondary N) is 1. The highest BCUT2D eigenvalue weighted by atomic mass is 19.4. The van der Waals surface area contributed by atoms with Crippen molar-refractivity contribution in [3.8, 4) is 11.5 Å². The molecule has 2 aromatic carbocycles. The van der Waals surface area contributed by atoms with E-state index < -0.39 is 24.7 Å². The average Bonchev–Trinajstić information content (AvgIpc) is 2.93. The Morgan fingerprint density at radius 1 is 1.05 bits per heavy atom. The number of fused-ring (bicyclic) bond motifs is 1. The van der Waals surface area contributed by atoms with Gasteiger partial charge in [0.15, 0.2) is 0 Å². The lowest BCUT2D eigenvalue weighted by molar-refractivity contribution is -0.274. The number of hydrogen-bond acceptors (Lipinski definition) is 4. The molecule has 0 aromatic heterocycles. The maximum atomic E-state index is 12.8. The number of halogens is 3. The monoisotopic (exact) mass is 559 g/mol. The predicted molar refractivity (Wildman–Crippen MR) is 171 cm³/mol. The van der Waals surface area contributed by atoms with Crippen LogP contribution in [0.5, 0.6) is 11.5 Å². The molecular weight excluding hydrogens is 531 g/mol. The number of alkyl halides is 3. The number of piperidine rings is 1. The number of carbonyl (C=O) groups is 1. The standard InChI is InChI=1S/C25H27F3N2O3.B9/c1-3-30(4-2)23(31)18-7-5-17(6-8-18)21-16-24(11-13-29-14-12-24)33-22-15-19(9-10-20(21)22)32-25(26,27)28;1-6-9(7(2)3)8(4)5/h5-10,15-16,29H,3-4,11-14H2,1-2H3;. The summed E-state index contributed by atoms with van der Waals surface area (Å²) in [6.07, 6.45) is -2.78. The van der Waals surface area contributed by atoms with Crippen molar-refractivity contribution in [2.75, 3.05) is 26.2 Å². The number of amides is 1. The zero-order valence-corrected chi connectivity index (χ0v) is 23.9. The van der Waals surface area contributed by atoms with Crippen molar-refractivity contribution in [2.24, 2.45) is 0 Å². The van der Waals surface area contributed by atoms with Gasteiger partial charge in [-0.15, -0.1) is 13.2 Å². The molecule has 2 aromatic rings. The van der Waals surface area contributed by atoms with Crippen LogP contribution in [0.25, 0.3) is 5.57 Å². The van der Waals surface area contributed by atoms with Crippen molar-refractivity contribution in [1.29, 1.82) is 0 Å². The van der Waals surface area contributed by atoms with E-state index in [2.05, 4.69) is 16.1 Å². The lowest BCUT2D eigenvalue weighted by Crippen LogP contribution is -2.55. The molecule has 2 aliphatic heterocycles. The molecule has 42 heavy (non-hydrogen) atoms. The molecule has 1 N–H and O–H groups in total. The Morgan fingerprint density at radius 3 is 2.12 bits per heavy atom. The fraction of sp³-hybridized carbons (Fsp3) is 0.400. The Hall–Kier alpha value is -2.42. The number of hydrogen-bond donors (Lipinski definition) is 1. The summed E-state index contributed by atoms with van der Waals surface area (Å²) >= 11 is 0. The Bertz CT molecular complexity index is 1220. The van der Waals surface area contributed by atoms with Crippen molar-refractivity contribution in [3.63, 3.8) is 0 Å². The molecule has 0 bridgehead atoms. The van der Waals surface area contributed by atoms with Crippen LogP contribution in [0.3, 0.4) is 0 Å². The third kappa shape index (κ3) is 8.81. The summed E-state index contributed by atoms with van der Waals surface area (Å²) in [5, 5.41) is 3.29. The van der Waals surface area contributed by atoms with Crippen molar-refractivity contribution in [2.45, 2.75) is 38.7 Å². The van der Waals surface area contributed by atoms with E-state index in [1.165, 1.54) is 19.2 Å². The smallest absolute Gasteiger partial charge is 0.482 e. The highest BCUT2D eigenvalue weighted by molar-refractivity contribution is 7.93. The van der Waals surface area contributed by atoms with Crippen LogP contribution in [0.1, 0.15) is 48.2 Å². The molecule has 1 saturated heterocycles. The van der Waals surface area contributed by atoms with Crippen LogP contribution in [0.4, 0.5) is 13.2 Å². The molecule has 2 aliphatic rings. The van der Waals surface area contributed by atoms with E-state index in [0.717, 1.165) is 24.2 Å². The van der Waals surface area contributed by atoms with E-state index >= 15 is 0 Å². The Labute approximate surface area is 255 Å². The third-order valence-electron chi connectivity index (χ3n) is 7.25. The molecule has 0 aliphatic carbocycles. The molecule has 0 saturated carbocycles. The van der Waals surface area contributed by atoms with Crippen LogP contribution in [-0.2, 0) is 0 Å². The SMILES string of the molecule is CCN(CC)C(=O)c1ccc(C2=CC3(CCNCC3)Oc3cc(OC(F)(F)F)ccc32)cc1.[B][B]B(B([B])[B])B([B])[B]. The van der Waals surface area contributed by atoms with Crippen LogP contribution < -0.4 is 14.8 Å². The normalized spacial score (nSPS) is 15.1. The van der Waals surface area contributed by atoms with Gasteiger partial charge in [-0.25, -0.2) is 0 Å². The van der Waals surface area contributed by atoms with E-state index in [9.17, 15) is 18.0 Å². The molecule has 11 radical (unpaired) electrons. The topological polar surface area (TPSA) is 50.8 Å². The quantitative estimate of drug-likeness (QED) is 0.501. The number of ether oxygens (including phenoxy) is 2. The summed E-state index contributed by atoms with van der Waals surface area (Å²) < 4.78 is 48.7. The van der Waals surface area contributed by atoms with Gasteiger partial charge in [-0.1, -0.05) is 12.1 Å². The molecule has 5 nitrogen and oxygen atoms in total. The van der Waals surface area contributed by atoms with Gasteiger partial charge in [0.05, 0.1) is 0 Å². The van der Waals surface area contributed by atoms with Crippen LogP contribution in [0, 0.1) is 0 Å². The molecule has 1 amide bonds. The van der Waals surface area contributed by atoms with E-state index in [0.29, 0.717) is 42.8 Å². The van der Waals surface area contributed by atoms with Crippen LogP contribution in [0.2, 0.25) is 0 Å². The molecular formula is C25H27B9F3N2O3. The third-order valence-corrected chi connectivity index (χ3v) is 7.25. The minimum atomic E-state index is -4.78. The maximum absolute atomic E-state index is 12.8. The molecule has 1 spiro atoms. The van der Waals surface area contributed by atoms with Crippen molar-refractivity contribution in [3.05, 3.63) is 65.2 Å². The second-order valence-electron chi connectivity index (χ2n) is 10.2. The summed E-state index contributed by atoms with van der Waals surface area (Å²) in [7, 11) is 27.5. The number of benzene rings is 2. The van der Waals surface area contributed by atoms with E-state index in [1.54, 1.807) is 23.1 Å². The second kappa shape index (κ2) is 14.8. The van der Waals surface area contributed by atoms with Crippen LogP contribution >= 0.6 is 0 Å². The summed E-state index contributed by atoms with van der Waals surface area (Å²) in [6.45, 7) is 6.63. The fourth-order valence-corrected chi connectivity index (χ4v) is 4.93. The zero-order chi connectivity index (χ0) is 31.1. The fourth-order valence-electron chi connectivity index (χ4n) is 4.93. The Morgan fingerprint density at radius 2 is 1.64 bits per heavy atom. The van der Waals surface area contributed by atoms with Crippen molar-refractivity contribution >= 4 is 76.4 Å². The van der Waals surface area contributed by atoms with Gasteiger partial charge >= 0.3 is 6.36 Å². The first-order valence-corrected chi connectivity index (χ1v) is 13.8. The first-order valence-electron chi connectivity index (χ1n) is 13.8. The number of nitrogens with zero attached hydrogens (tertiary/aromatic N) is 1. The van der Waals surface area contributed by atoms with Gasteiger partial charge in [-0.3, -0.25) is 4.79 Å². The van der Waals surface area contributed by atoms with Gasteiger partial charge in [0, 0.05) is 108 Å². The summed E-state index contributed by atoms with van der Waals surface area (Å²) in [6, 6.07) is 11.5. The molecule has 4 rings (SSSR count).